The van der Waals surface area contributed by atoms with Gasteiger partial charge >= 0.3 is 5.97 Å². The van der Waals surface area contributed by atoms with Crippen molar-refractivity contribution in [2.24, 2.45) is 0 Å². The first-order valence-corrected chi connectivity index (χ1v) is 7.22. The quantitative estimate of drug-likeness (QED) is 0.582. The fourth-order valence-electron chi connectivity index (χ4n) is 1.93. The summed E-state index contributed by atoms with van der Waals surface area (Å²) in [6.45, 7) is 0.0402. The molecule has 0 N–H and O–H groups in total. The van der Waals surface area contributed by atoms with Crippen LogP contribution in [0.5, 0.6) is 0 Å². The van der Waals surface area contributed by atoms with Crippen LogP contribution in [-0.4, -0.2) is 11.8 Å². The molecule has 0 aromatic heterocycles. The molecule has 0 aliphatic rings. The second-order valence-electron chi connectivity index (χ2n) is 4.84. The molecule has 23 heavy (non-hydrogen) atoms. The average molecular weight is 339 g/mol. The van der Waals surface area contributed by atoms with Gasteiger partial charge < -0.3 is 4.74 Å². The molecule has 2 rings (SSSR count). The monoisotopic (exact) mass is 338 g/mol. The van der Waals surface area contributed by atoms with Crippen LogP contribution in [0.3, 0.4) is 0 Å². The number of benzene rings is 2. The Morgan fingerprint density at radius 2 is 1.83 bits per heavy atom. The normalized spacial score (nSPS) is 10.4. The van der Waals surface area contributed by atoms with E-state index in [1.165, 1.54) is 0 Å². The predicted molar refractivity (Wildman–Crippen MR) is 81.2 cm³/mol. The van der Waals surface area contributed by atoms with Crippen LogP contribution in [0.15, 0.2) is 42.5 Å². The number of carbonyl (C=O) groups is 2. The minimum Gasteiger partial charge on any atom is -0.461 e. The number of ether oxygens (including phenoxy) is 1. The summed E-state index contributed by atoms with van der Waals surface area (Å²) in [4.78, 5) is 23.4. The van der Waals surface area contributed by atoms with E-state index in [9.17, 15) is 18.4 Å². The van der Waals surface area contributed by atoms with Gasteiger partial charge in [-0.3, -0.25) is 9.59 Å². The number of ketones is 1. The highest BCUT2D eigenvalue weighted by atomic mass is 35.5. The van der Waals surface area contributed by atoms with E-state index >= 15 is 0 Å². The maximum Gasteiger partial charge on any atom is 0.306 e. The number of esters is 1. The molecule has 0 aliphatic carbocycles. The Bertz CT molecular complexity index is 732. The van der Waals surface area contributed by atoms with Gasteiger partial charge in [0, 0.05) is 17.5 Å². The van der Waals surface area contributed by atoms with Crippen LogP contribution in [0.1, 0.15) is 28.8 Å². The zero-order valence-corrected chi connectivity index (χ0v) is 12.8. The molecular formula is C17H13ClF2O3. The molecular weight excluding hydrogens is 326 g/mol. The molecule has 0 radical (unpaired) electrons. The maximum atomic E-state index is 13.4. The summed E-state index contributed by atoms with van der Waals surface area (Å²) >= 11 is 5.81. The fraction of sp³-hybridized carbons (Fsp3) is 0.176. The van der Waals surface area contributed by atoms with Crippen molar-refractivity contribution in [1.82, 2.24) is 0 Å². The van der Waals surface area contributed by atoms with Crippen molar-refractivity contribution in [2.45, 2.75) is 19.4 Å². The molecule has 2 aromatic carbocycles. The lowest BCUT2D eigenvalue weighted by Gasteiger charge is -2.06. The van der Waals surface area contributed by atoms with Gasteiger partial charge in [-0.2, -0.15) is 0 Å². The van der Waals surface area contributed by atoms with E-state index < -0.39 is 23.4 Å². The first kappa shape index (κ1) is 17.1. The second kappa shape index (κ2) is 7.83. The zero-order chi connectivity index (χ0) is 16.8. The van der Waals surface area contributed by atoms with Crippen LogP contribution in [0, 0.1) is 11.6 Å². The van der Waals surface area contributed by atoms with Crippen molar-refractivity contribution < 1.29 is 23.1 Å². The molecule has 0 aliphatic heterocycles. The third-order valence-corrected chi connectivity index (χ3v) is 3.31. The summed E-state index contributed by atoms with van der Waals surface area (Å²) in [6, 6.07) is 9.52. The molecule has 0 bridgehead atoms. The third-order valence-electron chi connectivity index (χ3n) is 3.08. The molecule has 0 amide bonds. The summed E-state index contributed by atoms with van der Waals surface area (Å²) in [5.41, 5.74) is 0.482. The molecule has 0 heterocycles. The molecule has 3 nitrogen and oxygen atoms in total. The van der Waals surface area contributed by atoms with Gasteiger partial charge in [0.2, 0.25) is 0 Å². The number of halogens is 3. The number of carbonyl (C=O) groups excluding carboxylic acids is 2. The van der Waals surface area contributed by atoms with Gasteiger partial charge in [0.05, 0.1) is 12.0 Å². The van der Waals surface area contributed by atoms with E-state index in [2.05, 4.69) is 0 Å². The van der Waals surface area contributed by atoms with Crippen LogP contribution in [0.2, 0.25) is 5.02 Å². The van der Waals surface area contributed by atoms with Crippen molar-refractivity contribution in [1.29, 1.82) is 0 Å². The summed E-state index contributed by atoms with van der Waals surface area (Å²) in [7, 11) is 0. The van der Waals surface area contributed by atoms with Crippen LogP contribution in [0.4, 0.5) is 8.78 Å². The molecule has 2 aromatic rings. The highest BCUT2D eigenvalue weighted by Gasteiger charge is 2.14. The second-order valence-corrected chi connectivity index (χ2v) is 5.27. The SMILES string of the molecule is O=C(CCC(=O)c1ccc(F)cc1F)OCc1cccc(Cl)c1. The minimum absolute atomic E-state index is 0.0402. The van der Waals surface area contributed by atoms with E-state index in [1.807, 2.05) is 0 Å². The standard InChI is InChI=1S/C17H13ClF2O3/c18-12-3-1-2-11(8-12)10-23-17(22)7-6-16(21)14-5-4-13(19)9-15(14)20/h1-5,8-9H,6-7,10H2. The van der Waals surface area contributed by atoms with Gasteiger partial charge in [-0.05, 0) is 29.8 Å². The van der Waals surface area contributed by atoms with Crippen molar-refractivity contribution in [2.75, 3.05) is 0 Å². The Balaban J connectivity index is 1.83. The largest absolute Gasteiger partial charge is 0.461 e. The molecule has 0 saturated heterocycles. The average Bonchev–Trinajstić information content (AvgIpc) is 2.50. The first-order chi connectivity index (χ1) is 11.0. The Morgan fingerprint density at radius 1 is 1.04 bits per heavy atom. The van der Waals surface area contributed by atoms with Crippen LogP contribution < -0.4 is 0 Å². The minimum atomic E-state index is -0.942. The smallest absolute Gasteiger partial charge is 0.306 e. The van der Waals surface area contributed by atoms with Gasteiger partial charge in [0.25, 0.3) is 0 Å². The van der Waals surface area contributed by atoms with Crippen LogP contribution in [0.25, 0.3) is 0 Å². The molecule has 6 heteroatoms. The van der Waals surface area contributed by atoms with Crippen molar-refractivity contribution >= 4 is 23.4 Å². The van der Waals surface area contributed by atoms with Crippen molar-refractivity contribution in [3.63, 3.8) is 0 Å². The number of rotatable bonds is 6. The van der Waals surface area contributed by atoms with Gasteiger partial charge in [-0.15, -0.1) is 0 Å². The molecule has 0 fully saturated rings. The molecule has 0 unspecified atom stereocenters. The number of Topliss-reactive ketones (excluding diaryl/α,β-unsaturated/α-hetero) is 1. The van der Waals surface area contributed by atoms with Crippen molar-refractivity contribution in [3.05, 3.63) is 70.2 Å². The van der Waals surface area contributed by atoms with E-state index in [-0.39, 0.29) is 25.0 Å². The Labute approximate surface area is 136 Å². The lowest BCUT2D eigenvalue weighted by molar-refractivity contribution is -0.144. The highest BCUT2D eigenvalue weighted by Crippen LogP contribution is 2.14. The molecule has 0 atom stereocenters. The topological polar surface area (TPSA) is 43.4 Å². The predicted octanol–water partition coefficient (Wildman–Crippen LogP) is 4.32. The van der Waals surface area contributed by atoms with E-state index in [0.29, 0.717) is 11.1 Å². The fourth-order valence-corrected chi connectivity index (χ4v) is 2.14. The summed E-state index contributed by atoms with van der Waals surface area (Å²) < 4.78 is 31.2. The van der Waals surface area contributed by atoms with E-state index in [0.717, 1.165) is 17.7 Å². The summed E-state index contributed by atoms with van der Waals surface area (Å²) in [5, 5.41) is 0.528. The van der Waals surface area contributed by atoms with Gasteiger partial charge in [0.1, 0.15) is 18.2 Å². The third kappa shape index (κ3) is 5.14. The lowest BCUT2D eigenvalue weighted by Crippen LogP contribution is -2.09. The van der Waals surface area contributed by atoms with E-state index in [1.54, 1.807) is 24.3 Å². The Kier molecular flexibility index (Phi) is 5.82. The van der Waals surface area contributed by atoms with Crippen molar-refractivity contribution in [3.8, 4) is 0 Å². The maximum absolute atomic E-state index is 13.4. The summed E-state index contributed by atoms with van der Waals surface area (Å²) in [5.74, 6) is -2.87. The lowest BCUT2D eigenvalue weighted by atomic mass is 10.1. The molecule has 120 valence electrons. The summed E-state index contributed by atoms with van der Waals surface area (Å²) in [6.07, 6.45) is -0.396. The Morgan fingerprint density at radius 3 is 2.52 bits per heavy atom. The Hall–Kier alpha value is -2.27. The van der Waals surface area contributed by atoms with Gasteiger partial charge in [-0.1, -0.05) is 23.7 Å². The number of hydrogen-bond acceptors (Lipinski definition) is 3. The highest BCUT2D eigenvalue weighted by molar-refractivity contribution is 6.30. The zero-order valence-electron chi connectivity index (χ0n) is 12.0. The van der Waals surface area contributed by atoms with Gasteiger partial charge in [0.15, 0.2) is 5.78 Å². The molecule has 0 spiro atoms. The first-order valence-electron chi connectivity index (χ1n) is 6.84. The van der Waals surface area contributed by atoms with Gasteiger partial charge in [-0.25, -0.2) is 8.78 Å². The van der Waals surface area contributed by atoms with Crippen LogP contribution >= 0.6 is 11.6 Å². The number of hydrogen-bond donors (Lipinski definition) is 0. The molecule has 0 saturated carbocycles. The van der Waals surface area contributed by atoms with Crippen LogP contribution in [-0.2, 0) is 16.1 Å². The van der Waals surface area contributed by atoms with E-state index in [4.69, 9.17) is 16.3 Å².